The fraction of sp³-hybridized carbons (Fsp3) is 0.500. The average Bonchev–Trinajstić information content (AvgIpc) is 3.14. The third-order valence-electron chi connectivity index (χ3n) is 3.25. The molecule has 0 aliphatic heterocycles. The topological polar surface area (TPSA) is 126 Å². The van der Waals surface area contributed by atoms with Gasteiger partial charge in [0, 0.05) is 18.2 Å². The number of rotatable bonds is 6. The van der Waals surface area contributed by atoms with Crippen LogP contribution in [-0.2, 0) is 9.84 Å². The van der Waals surface area contributed by atoms with E-state index in [1.807, 2.05) is 0 Å². The van der Waals surface area contributed by atoms with Gasteiger partial charge in [-0.2, -0.15) is 0 Å². The van der Waals surface area contributed by atoms with Gasteiger partial charge in [0.1, 0.15) is 15.5 Å². The average molecular weight is 313 g/mol. The molecule has 0 radical (unpaired) electrons. The molecule has 2 N–H and O–H groups in total. The molecule has 1 aromatic rings. The summed E-state index contributed by atoms with van der Waals surface area (Å²) in [5.74, 6) is -1.68. The maximum absolute atomic E-state index is 11.9. The van der Waals surface area contributed by atoms with Crippen molar-refractivity contribution in [1.29, 1.82) is 0 Å². The van der Waals surface area contributed by atoms with E-state index in [0.717, 1.165) is 25.2 Å². The summed E-state index contributed by atoms with van der Waals surface area (Å²) in [4.78, 5) is 29.8. The lowest BCUT2D eigenvalue weighted by Crippen LogP contribution is -2.34. The summed E-state index contributed by atoms with van der Waals surface area (Å²) < 4.78 is 22.6. The maximum atomic E-state index is 11.9. The van der Waals surface area contributed by atoms with Crippen LogP contribution in [0.1, 0.15) is 33.8 Å². The Bertz CT molecular complexity index is 665. The second-order valence-electron chi connectivity index (χ2n) is 5.34. The molecule has 1 saturated carbocycles. The summed E-state index contributed by atoms with van der Waals surface area (Å²) in [5.41, 5.74) is -0.630. The minimum absolute atomic E-state index is 0.00449. The first-order valence-electron chi connectivity index (χ1n) is 6.22. The van der Waals surface area contributed by atoms with Crippen LogP contribution < -0.4 is 5.32 Å². The van der Waals surface area contributed by atoms with E-state index in [1.54, 1.807) is 0 Å². The molecule has 1 aliphatic carbocycles. The number of carbonyl (C=O) groups excluding carboxylic acids is 1. The number of amides is 1. The van der Waals surface area contributed by atoms with Crippen LogP contribution in [-0.4, -0.2) is 53.9 Å². The van der Waals surface area contributed by atoms with Crippen molar-refractivity contribution in [2.75, 3.05) is 18.6 Å². The highest BCUT2D eigenvalue weighted by Crippen LogP contribution is 2.46. The minimum Gasteiger partial charge on any atom is -0.476 e. The van der Waals surface area contributed by atoms with Gasteiger partial charge in [0.15, 0.2) is 5.69 Å². The molecule has 0 unspecified atom stereocenters. The van der Waals surface area contributed by atoms with Gasteiger partial charge in [-0.05, 0) is 12.8 Å². The molecule has 1 amide bonds. The van der Waals surface area contributed by atoms with E-state index < -0.39 is 21.7 Å². The Morgan fingerprint density at radius 1 is 1.29 bits per heavy atom. The third kappa shape index (κ3) is 4.22. The van der Waals surface area contributed by atoms with E-state index in [4.69, 9.17) is 5.11 Å². The highest BCUT2D eigenvalue weighted by atomic mass is 32.2. The Morgan fingerprint density at radius 2 is 1.86 bits per heavy atom. The van der Waals surface area contributed by atoms with Crippen molar-refractivity contribution in [1.82, 2.24) is 15.3 Å². The quantitative estimate of drug-likeness (QED) is 0.740. The number of carbonyl (C=O) groups is 2. The molecule has 0 atom stereocenters. The Kier molecular flexibility index (Phi) is 3.95. The second kappa shape index (κ2) is 5.40. The summed E-state index contributed by atoms with van der Waals surface area (Å²) in [5, 5.41) is 11.3. The summed E-state index contributed by atoms with van der Waals surface area (Å²) >= 11 is 0. The Morgan fingerprint density at radius 3 is 2.29 bits per heavy atom. The van der Waals surface area contributed by atoms with Gasteiger partial charge in [-0.3, -0.25) is 4.79 Å². The SMILES string of the molecule is CS(=O)(=O)CC1(CNC(=O)c2cnc(C(=O)O)cn2)CC1. The number of carboxylic acids is 1. The normalized spacial score (nSPS) is 16.2. The number of aromatic nitrogens is 2. The predicted molar refractivity (Wildman–Crippen MR) is 72.7 cm³/mol. The van der Waals surface area contributed by atoms with Gasteiger partial charge in [0.25, 0.3) is 5.91 Å². The van der Waals surface area contributed by atoms with Gasteiger partial charge in [0.05, 0.1) is 18.1 Å². The fourth-order valence-electron chi connectivity index (χ4n) is 2.02. The zero-order valence-corrected chi connectivity index (χ0v) is 12.2. The molecule has 0 spiro atoms. The lowest BCUT2D eigenvalue weighted by molar-refractivity contribution is 0.0689. The lowest BCUT2D eigenvalue weighted by atomic mass is 10.1. The van der Waals surface area contributed by atoms with Crippen LogP contribution in [0, 0.1) is 5.41 Å². The number of nitrogens with zero attached hydrogens (tertiary/aromatic N) is 2. The highest BCUT2D eigenvalue weighted by molar-refractivity contribution is 7.90. The number of carboxylic acid groups (broad SMARTS) is 1. The lowest BCUT2D eigenvalue weighted by Gasteiger charge is -2.14. The molecular weight excluding hydrogens is 298 g/mol. The monoisotopic (exact) mass is 313 g/mol. The molecule has 21 heavy (non-hydrogen) atoms. The van der Waals surface area contributed by atoms with Crippen molar-refractivity contribution >= 4 is 21.7 Å². The van der Waals surface area contributed by atoms with Crippen molar-refractivity contribution in [3.63, 3.8) is 0 Å². The van der Waals surface area contributed by atoms with Crippen molar-refractivity contribution in [3.8, 4) is 0 Å². The first kappa shape index (κ1) is 15.4. The fourth-order valence-corrected chi connectivity index (χ4v) is 3.52. The molecule has 0 aromatic carbocycles. The zero-order valence-electron chi connectivity index (χ0n) is 11.4. The van der Waals surface area contributed by atoms with Crippen LogP contribution in [0.2, 0.25) is 0 Å². The minimum atomic E-state index is -3.09. The molecule has 0 saturated heterocycles. The third-order valence-corrected chi connectivity index (χ3v) is 4.39. The van der Waals surface area contributed by atoms with Crippen LogP contribution in [0.25, 0.3) is 0 Å². The van der Waals surface area contributed by atoms with Crippen molar-refractivity contribution in [3.05, 3.63) is 23.8 Å². The molecular formula is C12H15N3O5S. The second-order valence-corrected chi connectivity index (χ2v) is 7.48. The molecule has 2 rings (SSSR count). The van der Waals surface area contributed by atoms with E-state index in [-0.39, 0.29) is 29.1 Å². The number of aromatic carboxylic acids is 1. The smallest absolute Gasteiger partial charge is 0.356 e. The van der Waals surface area contributed by atoms with Crippen molar-refractivity contribution in [2.24, 2.45) is 5.41 Å². The Labute approximate surface area is 121 Å². The standard InChI is InChI=1S/C12H15N3O5S/c1-21(19,20)7-12(2-3-12)6-15-10(16)8-4-14-9(5-13-8)11(17)18/h4-5H,2-3,6-7H2,1H3,(H,15,16)(H,17,18). The molecule has 1 aliphatic rings. The van der Waals surface area contributed by atoms with Crippen LogP contribution in [0.3, 0.4) is 0 Å². The van der Waals surface area contributed by atoms with Crippen LogP contribution in [0.5, 0.6) is 0 Å². The summed E-state index contributed by atoms with van der Waals surface area (Å²) in [6.07, 6.45) is 4.76. The summed E-state index contributed by atoms with van der Waals surface area (Å²) in [7, 11) is -3.09. The van der Waals surface area contributed by atoms with E-state index in [0.29, 0.717) is 0 Å². The van der Waals surface area contributed by atoms with Gasteiger partial charge in [-0.15, -0.1) is 0 Å². The van der Waals surface area contributed by atoms with E-state index in [2.05, 4.69) is 15.3 Å². The number of hydrogen-bond donors (Lipinski definition) is 2. The summed E-state index contributed by atoms with van der Waals surface area (Å²) in [6.45, 7) is 0.251. The number of sulfone groups is 1. The highest BCUT2D eigenvalue weighted by Gasteiger charge is 2.45. The number of nitrogens with one attached hydrogen (secondary N) is 1. The van der Waals surface area contributed by atoms with E-state index >= 15 is 0 Å². The molecule has 1 fully saturated rings. The molecule has 0 bridgehead atoms. The van der Waals surface area contributed by atoms with Crippen molar-refractivity contribution in [2.45, 2.75) is 12.8 Å². The van der Waals surface area contributed by atoms with Gasteiger partial charge in [0.2, 0.25) is 0 Å². The summed E-state index contributed by atoms with van der Waals surface area (Å²) in [6, 6.07) is 0. The Balaban J connectivity index is 1.95. The van der Waals surface area contributed by atoms with Gasteiger partial charge in [-0.1, -0.05) is 0 Å². The van der Waals surface area contributed by atoms with Gasteiger partial charge >= 0.3 is 5.97 Å². The maximum Gasteiger partial charge on any atom is 0.356 e. The molecule has 1 aromatic heterocycles. The van der Waals surface area contributed by atoms with Gasteiger partial charge < -0.3 is 10.4 Å². The molecule has 9 heteroatoms. The van der Waals surface area contributed by atoms with Crippen LogP contribution in [0.15, 0.2) is 12.4 Å². The molecule has 114 valence electrons. The largest absolute Gasteiger partial charge is 0.476 e. The van der Waals surface area contributed by atoms with Crippen molar-refractivity contribution < 1.29 is 23.1 Å². The van der Waals surface area contributed by atoms with E-state index in [9.17, 15) is 18.0 Å². The first-order chi connectivity index (χ1) is 9.71. The first-order valence-corrected chi connectivity index (χ1v) is 8.28. The predicted octanol–water partition coefficient (Wildman–Crippen LogP) is -0.271. The van der Waals surface area contributed by atoms with Gasteiger partial charge in [-0.25, -0.2) is 23.2 Å². The van der Waals surface area contributed by atoms with Crippen LogP contribution in [0.4, 0.5) is 0 Å². The molecule has 8 nitrogen and oxygen atoms in total. The van der Waals surface area contributed by atoms with E-state index in [1.165, 1.54) is 6.26 Å². The Hall–Kier alpha value is -2.03. The molecule has 1 heterocycles. The number of hydrogen-bond acceptors (Lipinski definition) is 6. The zero-order chi connectivity index (χ0) is 15.7. The van der Waals surface area contributed by atoms with Crippen LogP contribution >= 0.6 is 0 Å².